The highest BCUT2D eigenvalue weighted by molar-refractivity contribution is 5.76. The molecule has 8 nitrogen and oxygen atoms in total. The Labute approximate surface area is 157 Å². The molecular formula is C19H24N4O4. The van der Waals surface area contributed by atoms with Crippen LogP contribution in [0, 0.1) is 0 Å². The number of nitrogens with zero attached hydrogens (tertiary/aromatic N) is 4. The molecule has 1 amide bonds. The van der Waals surface area contributed by atoms with E-state index in [0.717, 1.165) is 50.3 Å². The lowest BCUT2D eigenvalue weighted by Crippen LogP contribution is -2.40. The van der Waals surface area contributed by atoms with Crippen LogP contribution in [0.15, 0.2) is 21.5 Å². The molecule has 0 N–H and O–H groups in total. The fourth-order valence-electron chi connectivity index (χ4n) is 4.10. The number of piperidine rings is 1. The van der Waals surface area contributed by atoms with Crippen molar-refractivity contribution < 1.29 is 14.1 Å². The first kappa shape index (κ1) is 17.8. The van der Waals surface area contributed by atoms with Crippen molar-refractivity contribution in [2.45, 2.75) is 51.0 Å². The van der Waals surface area contributed by atoms with Gasteiger partial charge in [0.05, 0.1) is 7.11 Å². The number of fused-ring (bicyclic) bond motifs is 1. The van der Waals surface area contributed by atoms with Gasteiger partial charge in [-0.2, -0.15) is 4.98 Å². The summed E-state index contributed by atoms with van der Waals surface area (Å²) in [6, 6.07) is 3.37. The highest BCUT2D eigenvalue weighted by atomic mass is 16.5. The van der Waals surface area contributed by atoms with Crippen molar-refractivity contribution in [3.8, 4) is 5.88 Å². The van der Waals surface area contributed by atoms with Crippen molar-refractivity contribution >= 4 is 5.91 Å². The molecule has 2 aromatic heterocycles. The summed E-state index contributed by atoms with van der Waals surface area (Å²) < 4.78 is 12.3. The average Bonchev–Trinajstić information content (AvgIpc) is 3.34. The van der Waals surface area contributed by atoms with Crippen LogP contribution in [0.4, 0.5) is 0 Å². The maximum atomic E-state index is 12.7. The van der Waals surface area contributed by atoms with Crippen LogP contribution in [0.1, 0.15) is 48.9 Å². The van der Waals surface area contributed by atoms with E-state index in [0.29, 0.717) is 31.0 Å². The van der Waals surface area contributed by atoms with Crippen LogP contribution in [0.3, 0.4) is 0 Å². The number of amides is 1. The number of aryl methyl sites for hydroxylation is 2. The molecule has 0 aromatic carbocycles. The molecular weight excluding hydrogens is 348 g/mol. The summed E-state index contributed by atoms with van der Waals surface area (Å²) in [4.78, 5) is 30.7. The topological polar surface area (TPSA) is 90.5 Å². The molecule has 27 heavy (non-hydrogen) atoms. The fraction of sp³-hybridized carbons (Fsp3) is 0.579. The number of carbonyl (C=O) groups is 1. The van der Waals surface area contributed by atoms with Crippen LogP contribution in [0.25, 0.3) is 0 Å². The Morgan fingerprint density at radius 3 is 3.04 bits per heavy atom. The molecule has 0 unspecified atom stereocenters. The summed E-state index contributed by atoms with van der Waals surface area (Å²) in [6.45, 7) is 2.33. The molecule has 0 radical (unpaired) electrons. The molecule has 2 aliphatic rings. The third-order valence-electron chi connectivity index (χ3n) is 5.44. The first-order chi connectivity index (χ1) is 13.1. The van der Waals surface area contributed by atoms with Crippen molar-refractivity contribution in [3.63, 3.8) is 0 Å². The molecule has 4 heterocycles. The van der Waals surface area contributed by atoms with Gasteiger partial charge in [0.15, 0.2) is 0 Å². The van der Waals surface area contributed by atoms with Crippen LogP contribution in [-0.4, -0.2) is 45.7 Å². The van der Waals surface area contributed by atoms with E-state index in [1.54, 1.807) is 12.1 Å². The zero-order valence-corrected chi connectivity index (χ0v) is 15.5. The second-order valence-electron chi connectivity index (χ2n) is 7.21. The van der Waals surface area contributed by atoms with Crippen LogP contribution in [0.5, 0.6) is 5.88 Å². The normalized spacial score (nSPS) is 19.1. The van der Waals surface area contributed by atoms with Gasteiger partial charge in [-0.05, 0) is 24.4 Å². The summed E-state index contributed by atoms with van der Waals surface area (Å²) >= 11 is 0. The summed E-state index contributed by atoms with van der Waals surface area (Å²) in [7, 11) is 1.53. The molecule has 1 atom stereocenters. The first-order valence-corrected chi connectivity index (χ1v) is 9.52. The Morgan fingerprint density at radius 1 is 1.33 bits per heavy atom. The van der Waals surface area contributed by atoms with Crippen LogP contribution in [0.2, 0.25) is 0 Å². The van der Waals surface area contributed by atoms with Crippen molar-refractivity contribution in [1.82, 2.24) is 19.6 Å². The van der Waals surface area contributed by atoms with Gasteiger partial charge in [0.1, 0.15) is 11.6 Å². The van der Waals surface area contributed by atoms with Gasteiger partial charge in [-0.15, -0.1) is 0 Å². The Hall–Kier alpha value is -2.64. The molecule has 0 spiro atoms. The molecule has 2 aliphatic heterocycles. The van der Waals surface area contributed by atoms with Gasteiger partial charge in [-0.1, -0.05) is 0 Å². The van der Waals surface area contributed by atoms with E-state index >= 15 is 0 Å². The van der Waals surface area contributed by atoms with Gasteiger partial charge < -0.3 is 18.7 Å². The Bertz CT molecular complexity index is 888. The van der Waals surface area contributed by atoms with Gasteiger partial charge in [0.2, 0.25) is 5.91 Å². The average molecular weight is 372 g/mol. The zero-order valence-electron chi connectivity index (χ0n) is 15.5. The van der Waals surface area contributed by atoms with E-state index in [9.17, 15) is 9.59 Å². The monoisotopic (exact) mass is 372 g/mol. The number of rotatable bonds is 5. The van der Waals surface area contributed by atoms with Crippen molar-refractivity contribution in [2.75, 3.05) is 20.2 Å². The second-order valence-corrected chi connectivity index (χ2v) is 7.21. The number of hydrogen-bond acceptors (Lipinski definition) is 6. The van der Waals surface area contributed by atoms with E-state index in [-0.39, 0.29) is 17.4 Å². The van der Waals surface area contributed by atoms with E-state index < -0.39 is 0 Å². The number of carbonyl (C=O) groups excluding carboxylic acids is 1. The zero-order chi connectivity index (χ0) is 18.8. The van der Waals surface area contributed by atoms with Crippen molar-refractivity contribution in [3.05, 3.63) is 39.8 Å². The molecule has 0 aliphatic carbocycles. The number of methoxy groups -OCH3 is 1. The second kappa shape index (κ2) is 7.54. The molecule has 1 saturated heterocycles. The predicted molar refractivity (Wildman–Crippen MR) is 96.7 cm³/mol. The molecule has 0 saturated carbocycles. The smallest absolute Gasteiger partial charge is 0.273 e. The number of aromatic nitrogens is 3. The summed E-state index contributed by atoms with van der Waals surface area (Å²) in [5.41, 5.74) is 0.876. The number of ether oxygens (including phenoxy) is 1. The maximum Gasteiger partial charge on any atom is 0.273 e. The van der Waals surface area contributed by atoms with Crippen LogP contribution in [-0.2, 0) is 24.2 Å². The molecule has 2 aromatic rings. The van der Waals surface area contributed by atoms with E-state index in [1.165, 1.54) is 7.11 Å². The minimum atomic E-state index is -0.166. The van der Waals surface area contributed by atoms with Gasteiger partial charge in [0, 0.05) is 62.6 Å². The SMILES string of the molecule is COc1cc(CCC(=O)N2CCC[C@H](c3cc(=O)nc4n3CCC4)C2)on1. The lowest BCUT2D eigenvalue weighted by Gasteiger charge is -2.34. The maximum absolute atomic E-state index is 12.7. The molecule has 4 rings (SSSR count). The number of hydrogen-bond donors (Lipinski definition) is 0. The van der Waals surface area contributed by atoms with E-state index in [2.05, 4.69) is 14.7 Å². The Balaban J connectivity index is 1.42. The minimum absolute atomic E-state index is 0.105. The third-order valence-corrected chi connectivity index (χ3v) is 5.44. The minimum Gasteiger partial charge on any atom is -0.479 e. The molecule has 0 bridgehead atoms. The predicted octanol–water partition coefficient (Wildman–Crippen LogP) is 1.52. The lowest BCUT2D eigenvalue weighted by atomic mass is 9.93. The molecule has 1 fully saturated rings. The van der Waals surface area contributed by atoms with Gasteiger partial charge >= 0.3 is 0 Å². The largest absolute Gasteiger partial charge is 0.479 e. The Morgan fingerprint density at radius 2 is 2.22 bits per heavy atom. The van der Waals surface area contributed by atoms with Crippen molar-refractivity contribution in [2.24, 2.45) is 0 Å². The fourth-order valence-corrected chi connectivity index (χ4v) is 4.10. The highest BCUT2D eigenvalue weighted by Gasteiger charge is 2.28. The Kier molecular flexibility index (Phi) is 4.96. The summed E-state index contributed by atoms with van der Waals surface area (Å²) in [5.74, 6) is 2.26. The number of likely N-dealkylation sites (tertiary alicyclic amines) is 1. The summed E-state index contributed by atoms with van der Waals surface area (Å²) in [6.07, 6.45) is 4.70. The first-order valence-electron chi connectivity index (χ1n) is 9.52. The highest BCUT2D eigenvalue weighted by Crippen LogP contribution is 2.29. The summed E-state index contributed by atoms with van der Waals surface area (Å²) in [5, 5.41) is 3.76. The van der Waals surface area contributed by atoms with Gasteiger partial charge in [0.25, 0.3) is 11.4 Å². The third kappa shape index (κ3) is 3.74. The van der Waals surface area contributed by atoms with Crippen molar-refractivity contribution in [1.29, 1.82) is 0 Å². The molecule has 144 valence electrons. The van der Waals surface area contributed by atoms with Gasteiger partial charge in [-0.25, -0.2) is 0 Å². The molecule has 8 heteroatoms. The van der Waals surface area contributed by atoms with E-state index in [4.69, 9.17) is 9.26 Å². The quantitative estimate of drug-likeness (QED) is 0.790. The van der Waals surface area contributed by atoms with Crippen LogP contribution >= 0.6 is 0 Å². The van der Waals surface area contributed by atoms with Gasteiger partial charge in [-0.3, -0.25) is 9.59 Å². The lowest BCUT2D eigenvalue weighted by molar-refractivity contribution is -0.132. The van der Waals surface area contributed by atoms with E-state index in [1.807, 2.05) is 4.90 Å². The standard InChI is InChI=1S/C19H24N4O4/c1-26-18-10-14(27-21-18)6-7-19(25)22-8-2-4-13(12-22)15-11-17(24)20-16-5-3-9-23(15)16/h10-11,13H,2-9,12H2,1H3/t13-/m0/s1. The van der Waals surface area contributed by atoms with Crippen LogP contribution < -0.4 is 10.3 Å².